The Morgan fingerprint density at radius 2 is 2.09 bits per heavy atom. The summed E-state index contributed by atoms with van der Waals surface area (Å²) in [6, 6.07) is 6.92. The third kappa shape index (κ3) is 4.78. The number of aryl methyl sites for hydroxylation is 1. The van der Waals surface area contributed by atoms with E-state index in [9.17, 15) is 14.4 Å². The molecule has 0 unspecified atom stereocenters. The van der Waals surface area contributed by atoms with Crippen molar-refractivity contribution in [3.05, 3.63) is 40.8 Å². The summed E-state index contributed by atoms with van der Waals surface area (Å²) in [5.41, 5.74) is 0.910. The average Bonchev–Trinajstić information content (AvgIpc) is 3.24. The minimum absolute atomic E-state index is 0.0119. The lowest BCUT2D eigenvalue weighted by molar-refractivity contribution is -0.118. The molecule has 12 heteroatoms. The zero-order valence-corrected chi connectivity index (χ0v) is 19.2. The lowest BCUT2D eigenvalue weighted by atomic mass is 10.1. The number of methoxy groups -OCH3 is 1. The summed E-state index contributed by atoms with van der Waals surface area (Å²) < 4.78 is 12.1. The Balaban J connectivity index is 1.14. The standard InChI is InChI=1S/C23H25N7O5/c1-34-19-6-3-15-23(28-19)29(21(33)11-25-15)8-2-7-24-10-14-9-20(32)30(12-14)17-5-4-16-22(26-17)27-18(31)13-35-16/h3-6,11,14,24H,2,7-10,12-13H2,1H3,(H,26,27,31)/t14-/m0/s1. The number of hydrogen-bond donors (Lipinski definition) is 2. The monoisotopic (exact) mass is 479 g/mol. The molecular weight excluding hydrogens is 454 g/mol. The zero-order chi connectivity index (χ0) is 24.4. The SMILES string of the molecule is COc1ccc2ncc(=O)n(CCCNC[C@@H]3CC(=O)N(c4ccc5c(n4)NC(=O)CO5)C3)c2n1. The molecule has 0 radical (unpaired) electrons. The van der Waals surface area contributed by atoms with E-state index in [1.54, 1.807) is 33.7 Å². The van der Waals surface area contributed by atoms with Gasteiger partial charge in [-0.25, -0.2) is 9.97 Å². The fourth-order valence-corrected chi connectivity index (χ4v) is 4.26. The second-order valence-electron chi connectivity index (χ2n) is 8.43. The minimum Gasteiger partial charge on any atom is -0.481 e. The minimum atomic E-state index is -0.270. The van der Waals surface area contributed by atoms with Crippen LogP contribution >= 0.6 is 0 Å². The van der Waals surface area contributed by atoms with E-state index in [2.05, 4.69) is 25.6 Å². The van der Waals surface area contributed by atoms with Gasteiger partial charge >= 0.3 is 0 Å². The highest BCUT2D eigenvalue weighted by atomic mass is 16.5. The van der Waals surface area contributed by atoms with Gasteiger partial charge in [-0.1, -0.05) is 0 Å². The maximum absolute atomic E-state index is 12.6. The summed E-state index contributed by atoms with van der Waals surface area (Å²) in [6.07, 6.45) is 2.41. The van der Waals surface area contributed by atoms with Gasteiger partial charge in [0.1, 0.15) is 11.3 Å². The Morgan fingerprint density at radius 3 is 2.94 bits per heavy atom. The first-order chi connectivity index (χ1) is 17.0. The van der Waals surface area contributed by atoms with E-state index in [4.69, 9.17) is 9.47 Å². The fraction of sp³-hybridized carbons (Fsp3) is 0.391. The largest absolute Gasteiger partial charge is 0.481 e. The summed E-state index contributed by atoms with van der Waals surface area (Å²) in [7, 11) is 1.53. The molecule has 5 heterocycles. The number of pyridine rings is 2. The molecule has 0 bridgehead atoms. The molecule has 5 rings (SSSR count). The van der Waals surface area contributed by atoms with Crippen LogP contribution in [0.1, 0.15) is 12.8 Å². The summed E-state index contributed by atoms with van der Waals surface area (Å²) in [5, 5.41) is 6.05. The molecule has 3 aromatic heterocycles. The van der Waals surface area contributed by atoms with Crippen LogP contribution in [0.2, 0.25) is 0 Å². The number of anilines is 2. The van der Waals surface area contributed by atoms with Gasteiger partial charge in [0.2, 0.25) is 11.8 Å². The van der Waals surface area contributed by atoms with Crippen molar-refractivity contribution in [3.63, 3.8) is 0 Å². The second-order valence-corrected chi connectivity index (χ2v) is 8.43. The van der Waals surface area contributed by atoms with Crippen LogP contribution in [0.3, 0.4) is 0 Å². The number of nitrogens with one attached hydrogen (secondary N) is 2. The van der Waals surface area contributed by atoms with E-state index >= 15 is 0 Å². The first-order valence-corrected chi connectivity index (χ1v) is 11.4. The third-order valence-electron chi connectivity index (χ3n) is 5.98. The molecule has 0 saturated carbocycles. The van der Waals surface area contributed by atoms with Gasteiger partial charge in [-0.3, -0.25) is 23.9 Å². The fourth-order valence-electron chi connectivity index (χ4n) is 4.26. The van der Waals surface area contributed by atoms with Crippen molar-refractivity contribution in [2.24, 2.45) is 5.92 Å². The Bertz CT molecular complexity index is 1340. The van der Waals surface area contributed by atoms with E-state index < -0.39 is 0 Å². The zero-order valence-electron chi connectivity index (χ0n) is 19.2. The molecule has 0 spiro atoms. The molecule has 1 atom stereocenters. The number of nitrogens with zero attached hydrogens (tertiary/aromatic N) is 5. The van der Waals surface area contributed by atoms with Crippen LogP contribution in [0.15, 0.2) is 35.3 Å². The Kier molecular flexibility index (Phi) is 6.27. The Morgan fingerprint density at radius 1 is 1.20 bits per heavy atom. The number of aromatic nitrogens is 4. The average molecular weight is 479 g/mol. The van der Waals surface area contributed by atoms with E-state index in [1.165, 1.54) is 13.3 Å². The molecule has 2 aliphatic rings. The van der Waals surface area contributed by atoms with Crippen LogP contribution in [0.4, 0.5) is 11.6 Å². The molecule has 0 aliphatic carbocycles. The van der Waals surface area contributed by atoms with Crippen LogP contribution in [-0.4, -0.2) is 64.7 Å². The molecule has 3 aromatic rings. The Hall–Kier alpha value is -4.06. The van der Waals surface area contributed by atoms with E-state index in [0.717, 1.165) is 0 Å². The molecule has 1 fully saturated rings. The molecular formula is C23H25N7O5. The highest BCUT2D eigenvalue weighted by Gasteiger charge is 2.32. The van der Waals surface area contributed by atoms with Crippen molar-refractivity contribution < 1.29 is 19.1 Å². The number of rotatable bonds is 8. The van der Waals surface area contributed by atoms with Crippen molar-refractivity contribution in [1.29, 1.82) is 0 Å². The van der Waals surface area contributed by atoms with Crippen LogP contribution < -0.4 is 30.6 Å². The molecule has 35 heavy (non-hydrogen) atoms. The summed E-state index contributed by atoms with van der Waals surface area (Å²) in [5.74, 6) is 1.59. The molecule has 2 aliphatic heterocycles. The first-order valence-electron chi connectivity index (χ1n) is 11.4. The van der Waals surface area contributed by atoms with Gasteiger partial charge < -0.3 is 20.1 Å². The maximum Gasteiger partial charge on any atom is 0.270 e. The molecule has 182 valence electrons. The Labute approximate surface area is 200 Å². The van der Waals surface area contributed by atoms with Gasteiger partial charge in [0.05, 0.1) is 13.3 Å². The topological polar surface area (TPSA) is 141 Å². The summed E-state index contributed by atoms with van der Waals surface area (Å²) in [4.78, 5) is 51.0. The van der Waals surface area contributed by atoms with Crippen LogP contribution in [0.25, 0.3) is 11.2 Å². The van der Waals surface area contributed by atoms with E-state index in [0.29, 0.717) is 73.4 Å². The van der Waals surface area contributed by atoms with E-state index in [-0.39, 0.29) is 29.9 Å². The van der Waals surface area contributed by atoms with Crippen LogP contribution in [-0.2, 0) is 16.1 Å². The highest BCUT2D eigenvalue weighted by molar-refractivity contribution is 5.97. The first kappa shape index (κ1) is 22.7. The van der Waals surface area contributed by atoms with Gasteiger partial charge in [-0.15, -0.1) is 0 Å². The quantitative estimate of drug-likeness (QED) is 0.443. The molecule has 12 nitrogen and oxygen atoms in total. The lowest BCUT2D eigenvalue weighted by Gasteiger charge is -2.21. The number of ether oxygens (including phenoxy) is 2. The maximum atomic E-state index is 12.6. The molecule has 2 amide bonds. The van der Waals surface area contributed by atoms with Gasteiger partial charge in [0, 0.05) is 32.1 Å². The second kappa shape index (κ2) is 9.66. The lowest BCUT2D eigenvalue weighted by Crippen LogP contribution is -2.30. The van der Waals surface area contributed by atoms with Crippen molar-refractivity contribution in [3.8, 4) is 11.6 Å². The van der Waals surface area contributed by atoms with Crippen LogP contribution in [0.5, 0.6) is 11.6 Å². The molecule has 1 saturated heterocycles. The van der Waals surface area contributed by atoms with Gasteiger partial charge in [0.15, 0.2) is 23.8 Å². The van der Waals surface area contributed by atoms with Gasteiger partial charge in [-0.05, 0) is 37.1 Å². The van der Waals surface area contributed by atoms with Gasteiger partial charge in [-0.2, -0.15) is 4.98 Å². The van der Waals surface area contributed by atoms with Crippen molar-refractivity contribution in [1.82, 2.24) is 24.8 Å². The van der Waals surface area contributed by atoms with Gasteiger partial charge in [0.25, 0.3) is 11.5 Å². The molecule has 0 aromatic carbocycles. The smallest absolute Gasteiger partial charge is 0.270 e. The number of carbonyl (C=O) groups excluding carboxylic acids is 2. The van der Waals surface area contributed by atoms with Crippen molar-refractivity contribution in [2.45, 2.75) is 19.4 Å². The molecule has 2 N–H and O–H groups in total. The number of carbonyl (C=O) groups is 2. The summed E-state index contributed by atoms with van der Waals surface area (Å²) >= 11 is 0. The van der Waals surface area contributed by atoms with Crippen molar-refractivity contribution in [2.75, 3.05) is 43.6 Å². The highest BCUT2D eigenvalue weighted by Crippen LogP contribution is 2.31. The number of amides is 2. The van der Waals surface area contributed by atoms with Crippen molar-refractivity contribution >= 4 is 34.6 Å². The summed E-state index contributed by atoms with van der Waals surface area (Å²) in [6.45, 7) is 2.30. The van der Waals surface area contributed by atoms with Crippen LogP contribution in [0, 0.1) is 5.92 Å². The number of fused-ring (bicyclic) bond motifs is 2. The van der Waals surface area contributed by atoms with E-state index in [1.807, 2.05) is 0 Å². The number of hydrogen-bond acceptors (Lipinski definition) is 9. The predicted molar refractivity (Wildman–Crippen MR) is 127 cm³/mol. The normalized spacial score (nSPS) is 17.3. The third-order valence-corrected chi connectivity index (χ3v) is 5.98. The predicted octanol–water partition coefficient (Wildman–Crippen LogP) is 0.559.